The van der Waals surface area contributed by atoms with Crippen molar-refractivity contribution in [1.82, 2.24) is 19.9 Å². The second-order valence-corrected chi connectivity index (χ2v) is 6.31. The number of nitrogens with zero attached hydrogens (tertiary/aromatic N) is 5. The number of aryl methyl sites for hydroxylation is 2. The van der Waals surface area contributed by atoms with Gasteiger partial charge in [0.05, 0.1) is 23.6 Å². The minimum absolute atomic E-state index is 0.141. The van der Waals surface area contributed by atoms with Gasteiger partial charge in [0.15, 0.2) is 5.82 Å². The minimum atomic E-state index is -0.561. The zero-order valence-electron chi connectivity index (χ0n) is 15.8. The Morgan fingerprint density at radius 2 is 2.18 bits per heavy atom. The van der Waals surface area contributed by atoms with Crippen LogP contribution >= 0.6 is 0 Å². The van der Waals surface area contributed by atoms with Crippen molar-refractivity contribution in [3.63, 3.8) is 0 Å². The molecule has 0 spiro atoms. The summed E-state index contributed by atoms with van der Waals surface area (Å²) in [6.07, 6.45) is 2.14. The van der Waals surface area contributed by atoms with Crippen molar-refractivity contribution in [2.24, 2.45) is 7.05 Å². The van der Waals surface area contributed by atoms with Crippen LogP contribution in [0.3, 0.4) is 0 Å². The summed E-state index contributed by atoms with van der Waals surface area (Å²) in [7, 11) is 3.53. The maximum atomic E-state index is 15.0. The number of imidazole rings is 1. The summed E-state index contributed by atoms with van der Waals surface area (Å²) in [4.78, 5) is 22.3. The van der Waals surface area contributed by atoms with Gasteiger partial charge < -0.3 is 20.5 Å². The Kier molecular flexibility index (Phi) is 5.13. The first-order valence-corrected chi connectivity index (χ1v) is 8.66. The summed E-state index contributed by atoms with van der Waals surface area (Å²) in [5.41, 5.74) is 8.49. The highest BCUT2D eigenvalue weighted by molar-refractivity contribution is 5.95. The number of rotatable bonds is 5. The third-order valence-electron chi connectivity index (χ3n) is 4.52. The number of hydrogen-bond donors (Lipinski definition) is 2. The highest BCUT2D eigenvalue weighted by Gasteiger charge is 2.20. The summed E-state index contributed by atoms with van der Waals surface area (Å²) >= 11 is 0. The van der Waals surface area contributed by atoms with Gasteiger partial charge in [-0.25, -0.2) is 14.4 Å². The van der Waals surface area contributed by atoms with Gasteiger partial charge in [-0.1, -0.05) is 6.92 Å². The third-order valence-corrected chi connectivity index (χ3v) is 4.52. The fraction of sp³-hybridized carbons (Fsp3) is 0.263. The van der Waals surface area contributed by atoms with Crippen LogP contribution in [0.5, 0.6) is 0 Å². The Morgan fingerprint density at radius 1 is 1.43 bits per heavy atom. The molecule has 3 rings (SSSR count). The molecule has 0 aliphatic rings. The maximum Gasteiger partial charge on any atom is 0.252 e. The summed E-state index contributed by atoms with van der Waals surface area (Å²) in [6, 6.07) is 6.38. The number of fused-ring (bicyclic) bond motifs is 1. The first kappa shape index (κ1) is 19.1. The lowest BCUT2D eigenvalue weighted by molar-refractivity contribution is 0.0958. The molecule has 0 aliphatic carbocycles. The number of pyridine rings is 1. The number of halogens is 1. The Labute approximate surface area is 161 Å². The average Bonchev–Trinajstić information content (AvgIpc) is 3.06. The zero-order valence-corrected chi connectivity index (χ0v) is 15.8. The van der Waals surface area contributed by atoms with E-state index in [2.05, 4.69) is 15.3 Å². The second kappa shape index (κ2) is 7.52. The molecule has 9 heteroatoms. The molecular weight excluding hydrogens is 361 g/mol. The number of benzene rings is 1. The molecular formula is C19H20FN7O. The van der Waals surface area contributed by atoms with Crippen LogP contribution < -0.4 is 16.0 Å². The number of carbonyl (C=O) groups is 1. The van der Waals surface area contributed by atoms with E-state index in [1.807, 2.05) is 24.6 Å². The summed E-state index contributed by atoms with van der Waals surface area (Å²) < 4.78 is 16.8. The van der Waals surface area contributed by atoms with E-state index in [1.54, 1.807) is 30.4 Å². The summed E-state index contributed by atoms with van der Waals surface area (Å²) in [5, 5.41) is 11.0. The molecule has 2 aromatic heterocycles. The van der Waals surface area contributed by atoms with Crippen LogP contribution in [-0.4, -0.2) is 34.0 Å². The molecule has 0 unspecified atom stereocenters. The summed E-state index contributed by atoms with van der Waals surface area (Å²) in [5.74, 6) is -0.341. The standard InChI is InChI=1S/C19H20FN7O/c1-4-11-7-12(19(28)23-6-5-21)8-13(20)17(11)27(3)15-9-14-16(18(22)25-15)24-10-26(14)2/h7-10H,4,6H2,1-3H3,(H2,22,25)(H,23,28). The highest BCUT2D eigenvalue weighted by Crippen LogP contribution is 2.33. The smallest absolute Gasteiger partial charge is 0.252 e. The summed E-state index contributed by atoms with van der Waals surface area (Å²) in [6.45, 7) is 1.73. The van der Waals surface area contributed by atoms with E-state index >= 15 is 0 Å². The van der Waals surface area contributed by atoms with Gasteiger partial charge in [0.25, 0.3) is 5.91 Å². The Bertz CT molecular complexity index is 1100. The molecule has 0 bridgehead atoms. The molecule has 144 valence electrons. The molecule has 0 saturated heterocycles. The van der Waals surface area contributed by atoms with E-state index in [9.17, 15) is 9.18 Å². The fourth-order valence-corrected chi connectivity index (χ4v) is 3.08. The number of amides is 1. The zero-order chi connectivity index (χ0) is 20.4. The average molecular weight is 381 g/mol. The molecule has 0 fully saturated rings. The van der Waals surface area contributed by atoms with Gasteiger partial charge >= 0.3 is 0 Å². The predicted octanol–water partition coefficient (Wildman–Crippen LogP) is 2.27. The second-order valence-electron chi connectivity index (χ2n) is 6.31. The topological polar surface area (TPSA) is 113 Å². The third kappa shape index (κ3) is 3.32. The van der Waals surface area contributed by atoms with Crippen molar-refractivity contribution in [3.8, 4) is 6.07 Å². The molecule has 1 aromatic carbocycles. The van der Waals surface area contributed by atoms with Gasteiger partial charge in [0.1, 0.15) is 23.7 Å². The largest absolute Gasteiger partial charge is 0.382 e. The number of nitrogens with one attached hydrogen (secondary N) is 1. The number of nitrogen functional groups attached to an aromatic ring is 1. The van der Waals surface area contributed by atoms with Crippen molar-refractivity contribution in [2.75, 3.05) is 24.2 Å². The van der Waals surface area contributed by atoms with Crippen LogP contribution in [-0.2, 0) is 13.5 Å². The van der Waals surface area contributed by atoms with E-state index in [0.29, 0.717) is 29.0 Å². The van der Waals surface area contributed by atoms with Crippen LogP contribution in [0.4, 0.5) is 21.7 Å². The predicted molar refractivity (Wildman–Crippen MR) is 105 cm³/mol. The lowest BCUT2D eigenvalue weighted by Crippen LogP contribution is -2.24. The van der Waals surface area contributed by atoms with Crippen LogP contribution in [0.15, 0.2) is 24.5 Å². The number of nitrogens with two attached hydrogens (primary N) is 1. The van der Waals surface area contributed by atoms with Crippen molar-refractivity contribution in [3.05, 3.63) is 41.5 Å². The SMILES string of the molecule is CCc1cc(C(=O)NCC#N)cc(F)c1N(C)c1cc2c(ncn2C)c(N)n1. The van der Waals surface area contributed by atoms with Crippen LogP contribution in [0.2, 0.25) is 0 Å². The quantitative estimate of drug-likeness (QED) is 0.656. The van der Waals surface area contributed by atoms with Crippen LogP contribution in [0.25, 0.3) is 11.0 Å². The van der Waals surface area contributed by atoms with E-state index in [0.717, 1.165) is 11.6 Å². The van der Waals surface area contributed by atoms with Gasteiger partial charge in [-0.05, 0) is 24.1 Å². The molecule has 0 atom stereocenters. The van der Waals surface area contributed by atoms with Crippen molar-refractivity contribution in [1.29, 1.82) is 5.26 Å². The van der Waals surface area contributed by atoms with E-state index in [-0.39, 0.29) is 17.9 Å². The van der Waals surface area contributed by atoms with Gasteiger partial charge in [-0.2, -0.15) is 5.26 Å². The van der Waals surface area contributed by atoms with E-state index in [4.69, 9.17) is 11.0 Å². The number of carbonyl (C=O) groups excluding carboxylic acids is 1. The van der Waals surface area contributed by atoms with Gasteiger partial charge in [0.2, 0.25) is 0 Å². The van der Waals surface area contributed by atoms with Crippen LogP contribution in [0, 0.1) is 17.1 Å². The number of nitriles is 1. The molecule has 0 aliphatic heterocycles. The molecule has 0 saturated carbocycles. The normalized spacial score (nSPS) is 10.7. The first-order chi connectivity index (χ1) is 13.4. The minimum Gasteiger partial charge on any atom is -0.382 e. The lowest BCUT2D eigenvalue weighted by atomic mass is 10.0. The maximum absolute atomic E-state index is 15.0. The Morgan fingerprint density at radius 3 is 2.86 bits per heavy atom. The van der Waals surface area contributed by atoms with Crippen molar-refractivity contribution >= 4 is 34.3 Å². The fourth-order valence-electron chi connectivity index (χ4n) is 3.08. The monoisotopic (exact) mass is 381 g/mol. The molecule has 3 N–H and O–H groups in total. The van der Waals surface area contributed by atoms with Gasteiger partial charge in [-0.15, -0.1) is 0 Å². The number of aromatic nitrogens is 3. The highest BCUT2D eigenvalue weighted by atomic mass is 19.1. The molecule has 28 heavy (non-hydrogen) atoms. The van der Waals surface area contributed by atoms with Crippen LogP contribution in [0.1, 0.15) is 22.8 Å². The van der Waals surface area contributed by atoms with Gasteiger partial charge in [-0.3, -0.25) is 4.79 Å². The lowest BCUT2D eigenvalue weighted by Gasteiger charge is -2.23. The number of anilines is 3. The van der Waals surface area contributed by atoms with Crippen molar-refractivity contribution in [2.45, 2.75) is 13.3 Å². The molecule has 8 nitrogen and oxygen atoms in total. The van der Waals surface area contributed by atoms with Crippen molar-refractivity contribution < 1.29 is 9.18 Å². The van der Waals surface area contributed by atoms with Gasteiger partial charge in [0, 0.05) is 25.7 Å². The van der Waals surface area contributed by atoms with E-state index < -0.39 is 11.7 Å². The Hall–Kier alpha value is -3.67. The first-order valence-electron chi connectivity index (χ1n) is 8.66. The molecule has 2 heterocycles. The number of hydrogen-bond acceptors (Lipinski definition) is 6. The Balaban J connectivity index is 2.06. The molecule has 0 radical (unpaired) electrons. The molecule has 1 amide bonds. The van der Waals surface area contributed by atoms with E-state index in [1.165, 1.54) is 0 Å². The molecule has 3 aromatic rings.